The molecular formula is C7H16N4O2. The van der Waals surface area contributed by atoms with Gasteiger partial charge >= 0.3 is 0 Å². The Hall–Kier alpha value is -0.850. The third-order valence-electron chi connectivity index (χ3n) is 2.12. The van der Waals surface area contributed by atoms with Crippen molar-refractivity contribution in [2.45, 2.75) is 18.4 Å². The van der Waals surface area contributed by atoms with Crippen molar-refractivity contribution in [3.05, 3.63) is 0 Å². The van der Waals surface area contributed by atoms with Crippen molar-refractivity contribution in [1.82, 2.24) is 5.43 Å². The van der Waals surface area contributed by atoms with E-state index >= 15 is 0 Å². The minimum absolute atomic E-state index is 0.139. The van der Waals surface area contributed by atoms with Crippen LogP contribution < -0.4 is 17.0 Å². The molecule has 1 aliphatic rings. The SMILES string of the molecule is NNC(N)=NCC1(O)CCOCC1. The predicted octanol–water partition coefficient (Wildman–Crippen LogP) is -1.69. The zero-order valence-corrected chi connectivity index (χ0v) is 7.49. The van der Waals surface area contributed by atoms with Crippen molar-refractivity contribution in [3.8, 4) is 0 Å². The van der Waals surface area contributed by atoms with E-state index in [0.717, 1.165) is 0 Å². The number of aliphatic imine (C=N–C) groups is 1. The largest absolute Gasteiger partial charge is 0.388 e. The van der Waals surface area contributed by atoms with Crippen molar-refractivity contribution in [1.29, 1.82) is 0 Å². The van der Waals surface area contributed by atoms with Gasteiger partial charge in [-0.15, -0.1) is 0 Å². The molecule has 0 amide bonds. The number of hydrogen-bond acceptors (Lipinski definition) is 4. The quantitative estimate of drug-likeness (QED) is 0.179. The Morgan fingerprint density at radius 1 is 1.54 bits per heavy atom. The minimum atomic E-state index is -0.778. The number of ether oxygens (including phenoxy) is 1. The minimum Gasteiger partial charge on any atom is -0.388 e. The first-order valence-electron chi connectivity index (χ1n) is 4.23. The molecule has 6 nitrogen and oxygen atoms in total. The maximum atomic E-state index is 9.90. The van der Waals surface area contributed by atoms with E-state index in [2.05, 4.69) is 10.4 Å². The fourth-order valence-corrected chi connectivity index (χ4v) is 1.19. The third kappa shape index (κ3) is 3.17. The molecule has 0 bridgehead atoms. The Balaban J connectivity index is 2.41. The van der Waals surface area contributed by atoms with Crippen molar-refractivity contribution in [2.24, 2.45) is 16.6 Å². The Bertz CT molecular complexity index is 189. The molecule has 0 unspecified atom stereocenters. The lowest BCUT2D eigenvalue weighted by Gasteiger charge is -2.30. The van der Waals surface area contributed by atoms with Crippen LogP contribution in [0.15, 0.2) is 4.99 Å². The van der Waals surface area contributed by atoms with Crippen LogP contribution in [-0.4, -0.2) is 36.4 Å². The summed E-state index contributed by atoms with van der Waals surface area (Å²) >= 11 is 0. The molecule has 0 aromatic carbocycles. The Kier molecular flexibility index (Phi) is 3.47. The van der Waals surface area contributed by atoms with Crippen molar-refractivity contribution < 1.29 is 9.84 Å². The fraction of sp³-hybridized carbons (Fsp3) is 0.857. The fourth-order valence-electron chi connectivity index (χ4n) is 1.19. The van der Waals surface area contributed by atoms with Gasteiger partial charge in [0, 0.05) is 26.1 Å². The van der Waals surface area contributed by atoms with Crippen LogP contribution in [0.3, 0.4) is 0 Å². The highest BCUT2D eigenvalue weighted by atomic mass is 16.5. The summed E-state index contributed by atoms with van der Waals surface area (Å²) in [6.45, 7) is 1.41. The van der Waals surface area contributed by atoms with E-state index in [1.54, 1.807) is 0 Å². The molecule has 0 saturated carbocycles. The van der Waals surface area contributed by atoms with Crippen LogP contribution >= 0.6 is 0 Å². The lowest BCUT2D eigenvalue weighted by Crippen LogP contribution is -2.42. The average molecular weight is 188 g/mol. The van der Waals surface area contributed by atoms with Crippen molar-refractivity contribution >= 4 is 5.96 Å². The number of nitrogens with zero attached hydrogens (tertiary/aromatic N) is 1. The van der Waals surface area contributed by atoms with Crippen molar-refractivity contribution in [3.63, 3.8) is 0 Å². The molecule has 1 saturated heterocycles. The molecule has 0 spiro atoms. The second-order valence-electron chi connectivity index (χ2n) is 3.18. The molecular weight excluding hydrogens is 172 g/mol. The first-order valence-corrected chi connectivity index (χ1v) is 4.23. The molecule has 1 fully saturated rings. The second kappa shape index (κ2) is 4.40. The van der Waals surface area contributed by atoms with Gasteiger partial charge < -0.3 is 15.6 Å². The third-order valence-corrected chi connectivity index (χ3v) is 2.12. The molecule has 6 N–H and O–H groups in total. The van der Waals surface area contributed by atoms with Gasteiger partial charge in [0.05, 0.1) is 12.1 Å². The maximum absolute atomic E-state index is 9.90. The first-order chi connectivity index (χ1) is 6.16. The summed E-state index contributed by atoms with van der Waals surface area (Å²) in [6, 6.07) is 0. The van der Waals surface area contributed by atoms with Gasteiger partial charge in [-0.1, -0.05) is 0 Å². The van der Waals surface area contributed by atoms with Gasteiger partial charge in [0.1, 0.15) is 0 Å². The molecule has 1 rings (SSSR count). The molecule has 0 atom stereocenters. The van der Waals surface area contributed by atoms with Gasteiger partial charge in [0.25, 0.3) is 0 Å². The molecule has 13 heavy (non-hydrogen) atoms. The number of hydrogen-bond donors (Lipinski definition) is 4. The van der Waals surface area contributed by atoms with Gasteiger partial charge in [-0.25, -0.2) is 10.8 Å². The summed E-state index contributed by atoms with van der Waals surface area (Å²) in [5.41, 5.74) is 6.75. The standard InChI is InChI=1S/C7H16N4O2/c8-6(11-9)10-5-7(12)1-3-13-4-2-7/h12H,1-5,9H2,(H3,8,10,11). The summed E-state index contributed by atoms with van der Waals surface area (Å²) in [5.74, 6) is 5.16. The van der Waals surface area contributed by atoms with E-state index in [9.17, 15) is 5.11 Å². The summed E-state index contributed by atoms with van der Waals surface area (Å²) in [4.78, 5) is 3.89. The van der Waals surface area contributed by atoms with E-state index in [1.807, 2.05) is 0 Å². The number of nitrogens with two attached hydrogens (primary N) is 2. The van der Waals surface area contributed by atoms with Crippen LogP contribution in [0.4, 0.5) is 0 Å². The van der Waals surface area contributed by atoms with Crippen LogP contribution in [0.5, 0.6) is 0 Å². The van der Waals surface area contributed by atoms with Gasteiger partial charge in [0.15, 0.2) is 0 Å². The van der Waals surface area contributed by atoms with Gasteiger partial charge in [-0.05, 0) is 0 Å². The van der Waals surface area contributed by atoms with Crippen LogP contribution in [0.2, 0.25) is 0 Å². The topological polar surface area (TPSA) is 106 Å². The highest BCUT2D eigenvalue weighted by molar-refractivity contribution is 5.77. The molecule has 1 heterocycles. The molecule has 76 valence electrons. The lowest BCUT2D eigenvalue weighted by molar-refractivity contribution is -0.0565. The number of nitrogens with one attached hydrogen (secondary N) is 1. The normalized spacial score (nSPS) is 22.8. The highest BCUT2D eigenvalue weighted by Crippen LogP contribution is 2.20. The number of rotatable bonds is 2. The van der Waals surface area contributed by atoms with E-state index in [1.165, 1.54) is 0 Å². The first kappa shape index (κ1) is 10.2. The predicted molar refractivity (Wildman–Crippen MR) is 48.8 cm³/mol. The second-order valence-corrected chi connectivity index (χ2v) is 3.18. The Morgan fingerprint density at radius 2 is 2.15 bits per heavy atom. The molecule has 1 aliphatic heterocycles. The number of aliphatic hydroxyl groups is 1. The van der Waals surface area contributed by atoms with E-state index in [-0.39, 0.29) is 12.5 Å². The zero-order valence-electron chi connectivity index (χ0n) is 7.49. The van der Waals surface area contributed by atoms with Crippen LogP contribution in [0.1, 0.15) is 12.8 Å². The summed E-state index contributed by atoms with van der Waals surface area (Å²) < 4.78 is 5.12. The van der Waals surface area contributed by atoms with E-state index in [4.69, 9.17) is 16.3 Å². The summed E-state index contributed by atoms with van der Waals surface area (Å²) in [7, 11) is 0. The zero-order chi connectivity index (χ0) is 9.73. The lowest BCUT2D eigenvalue weighted by atomic mass is 9.95. The average Bonchev–Trinajstić information content (AvgIpc) is 2.15. The maximum Gasteiger partial charge on any atom is 0.203 e. The van der Waals surface area contributed by atoms with Gasteiger partial charge in [0.2, 0.25) is 5.96 Å². The highest BCUT2D eigenvalue weighted by Gasteiger charge is 2.29. The van der Waals surface area contributed by atoms with Crippen LogP contribution in [-0.2, 0) is 4.74 Å². The Morgan fingerprint density at radius 3 is 2.69 bits per heavy atom. The Labute approximate surface area is 76.9 Å². The van der Waals surface area contributed by atoms with Gasteiger partial charge in [-0.3, -0.25) is 5.43 Å². The van der Waals surface area contributed by atoms with Crippen LogP contribution in [0, 0.1) is 0 Å². The smallest absolute Gasteiger partial charge is 0.203 e. The number of guanidine groups is 1. The molecule has 0 aliphatic carbocycles. The number of hydrazine groups is 1. The van der Waals surface area contributed by atoms with Crippen LogP contribution in [0.25, 0.3) is 0 Å². The van der Waals surface area contributed by atoms with Gasteiger partial charge in [-0.2, -0.15) is 0 Å². The van der Waals surface area contributed by atoms with E-state index in [0.29, 0.717) is 26.1 Å². The summed E-state index contributed by atoms with van der Waals surface area (Å²) in [5, 5.41) is 9.90. The molecule has 0 aromatic rings. The molecule has 6 heteroatoms. The monoisotopic (exact) mass is 188 g/mol. The summed E-state index contributed by atoms with van der Waals surface area (Å²) in [6.07, 6.45) is 1.18. The van der Waals surface area contributed by atoms with E-state index < -0.39 is 5.60 Å². The molecule has 0 aromatic heterocycles. The van der Waals surface area contributed by atoms with Crippen molar-refractivity contribution in [2.75, 3.05) is 19.8 Å². The molecule has 0 radical (unpaired) electrons.